The smallest absolute Gasteiger partial charge is 0.192 e. The highest BCUT2D eigenvalue weighted by Crippen LogP contribution is 2.53. The Kier molecular flexibility index (Phi) is 7.30. The lowest BCUT2D eigenvalue weighted by Crippen LogP contribution is -2.30. The van der Waals surface area contributed by atoms with Crippen molar-refractivity contribution in [3.8, 4) is 0 Å². The number of anilines is 6. The minimum atomic E-state index is -0.208. The molecule has 0 aromatic heterocycles. The van der Waals surface area contributed by atoms with Crippen LogP contribution < -0.4 is 9.80 Å². The second-order valence-electron chi connectivity index (χ2n) is 14.4. The minimum absolute atomic E-state index is 0.0210. The van der Waals surface area contributed by atoms with Gasteiger partial charge in [0.05, 0.1) is 22.7 Å². The monoisotopic (exact) mass is 652 g/mol. The number of aliphatic hydroxyl groups is 1. The van der Waals surface area contributed by atoms with E-state index in [0.29, 0.717) is 16.7 Å². The molecule has 0 aliphatic carbocycles. The van der Waals surface area contributed by atoms with Crippen molar-refractivity contribution in [1.82, 2.24) is 0 Å². The van der Waals surface area contributed by atoms with Gasteiger partial charge in [-0.05, 0) is 102 Å². The third-order valence-electron chi connectivity index (χ3n) is 10.8. The van der Waals surface area contributed by atoms with Crippen molar-refractivity contribution >= 4 is 45.7 Å². The molecule has 50 heavy (non-hydrogen) atoms. The number of carbonyl (C=O) groups excluding carboxylic acids is 1. The average molecular weight is 653 g/mol. The Balaban J connectivity index is 1.09. The van der Waals surface area contributed by atoms with E-state index in [1.54, 1.807) is 6.92 Å². The van der Waals surface area contributed by atoms with Crippen molar-refractivity contribution in [2.45, 2.75) is 45.4 Å². The largest absolute Gasteiger partial charge is 0.507 e. The average Bonchev–Trinajstić information content (AvgIpc) is 3.15. The Morgan fingerprint density at radius 3 is 1.10 bits per heavy atom. The molecule has 0 spiro atoms. The molecule has 2 aliphatic heterocycles. The van der Waals surface area contributed by atoms with E-state index < -0.39 is 0 Å². The minimum Gasteiger partial charge on any atom is -0.507 e. The zero-order valence-corrected chi connectivity index (χ0v) is 29.1. The van der Waals surface area contributed by atoms with Crippen LogP contribution in [0, 0.1) is 0 Å². The van der Waals surface area contributed by atoms with Crippen LogP contribution in [-0.2, 0) is 10.8 Å². The normalized spacial score (nSPS) is 15.6. The summed E-state index contributed by atoms with van der Waals surface area (Å²) in [6.45, 7) is 10.8. The zero-order valence-electron chi connectivity index (χ0n) is 29.1. The molecule has 4 nitrogen and oxygen atoms in total. The summed E-state index contributed by atoms with van der Waals surface area (Å²) in [5, 5.41) is 11.4. The van der Waals surface area contributed by atoms with Crippen LogP contribution in [0.25, 0.3) is 5.76 Å². The van der Waals surface area contributed by atoms with Gasteiger partial charge in [-0.25, -0.2) is 0 Å². The number of hydrogen-bond acceptors (Lipinski definition) is 4. The molecule has 2 aliphatic rings. The first-order valence-electron chi connectivity index (χ1n) is 17.2. The van der Waals surface area contributed by atoms with E-state index in [2.05, 4.69) is 135 Å². The number of hydrogen-bond donors (Lipinski definition) is 1. The highest BCUT2D eigenvalue weighted by atomic mass is 16.3. The number of rotatable bonds is 5. The molecule has 6 aromatic carbocycles. The molecule has 0 atom stereocenters. The van der Waals surface area contributed by atoms with Crippen molar-refractivity contribution in [2.24, 2.45) is 0 Å². The fourth-order valence-corrected chi connectivity index (χ4v) is 7.97. The standard InChI is InChI=1S/C46H40N2O2/c1-30(43(49)31-22-26-33(27-23-31)47-39-18-10-6-14-35(39)45(2,3)36-15-7-11-19-40(36)47)44(50)32-24-28-34(29-25-32)48-41-20-12-8-16-37(41)46(4,5)38-17-9-13-21-42(38)48/h6-29,49H,1-5H3. The maximum absolute atomic E-state index is 13.7. The number of aliphatic hydroxyl groups excluding tert-OH is 1. The Hall–Kier alpha value is -5.87. The van der Waals surface area contributed by atoms with E-state index in [9.17, 15) is 9.90 Å². The second-order valence-corrected chi connectivity index (χ2v) is 14.4. The lowest BCUT2D eigenvalue weighted by Gasteiger charge is -2.42. The first-order valence-corrected chi connectivity index (χ1v) is 17.2. The van der Waals surface area contributed by atoms with Gasteiger partial charge in [-0.1, -0.05) is 100 Å². The van der Waals surface area contributed by atoms with E-state index >= 15 is 0 Å². The van der Waals surface area contributed by atoms with Crippen molar-refractivity contribution in [3.05, 3.63) is 185 Å². The summed E-state index contributed by atoms with van der Waals surface area (Å²) in [4.78, 5) is 18.3. The van der Waals surface area contributed by atoms with Crippen LogP contribution in [0.4, 0.5) is 34.1 Å². The third-order valence-corrected chi connectivity index (χ3v) is 10.8. The van der Waals surface area contributed by atoms with Crippen LogP contribution in [0.5, 0.6) is 0 Å². The highest BCUT2D eigenvalue weighted by Gasteiger charge is 2.37. The molecule has 0 saturated heterocycles. The van der Waals surface area contributed by atoms with Gasteiger partial charge in [0, 0.05) is 38.9 Å². The van der Waals surface area contributed by atoms with Crippen LogP contribution in [0.2, 0.25) is 0 Å². The summed E-state index contributed by atoms with van der Waals surface area (Å²) in [6, 6.07) is 49.6. The Labute approximate surface area is 294 Å². The molecule has 2 heterocycles. The summed E-state index contributed by atoms with van der Waals surface area (Å²) in [7, 11) is 0. The van der Waals surface area contributed by atoms with Crippen molar-refractivity contribution in [2.75, 3.05) is 9.80 Å². The molecule has 0 unspecified atom stereocenters. The third kappa shape index (κ3) is 4.78. The Morgan fingerprint density at radius 1 is 0.460 bits per heavy atom. The molecule has 0 bridgehead atoms. The van der Waals surface area contributed by atoms with Gasteiger partial charge in [0.15, 0.2) is 5.78 Å². The first kappa shape index (κ1) is 31.4. The summed E-state index contributed by atoms with van der Waals surface area (Å²) in [5.41, 5.74) is 12.7. The highest BCUT2D eigenvalue weighted by molar-refractivity contribution is 6.12. The van der Waals surface area contributed by atoms with Crippen molar-refractivity contribution < 1.29 is 9.90 Å². The predicted molar refractivity (Wildman–Crippen MR) is 206 cm³/mol. The van der Waals surface area contributed by atoms with E-state index in [4.69, 9.17) is 0 Å². The van der Waals surface area contributed by atoms with E-state index in [1.165, 1.54) is 22.3 Å². The number of carbonyl (C=O) groups is 1. The fraction of sp³-hybridized carbons (Fsp3) is 0.152. The van der Waals surface area contributed by atoms with Gasteiger partial charge in [-0.3, -0.25) is 4.79 Å². The predicted octanol–water partition coefficient (Wildman–Crippen LogP) is 12.1. The first-order chi connectivity index (χ1) is 24.1. The molecule has 0 radical (unpaired) electrons. The topological polar surface area (TPSA) is 43.8 Å². The number of allylic oxidation sites excluding steroid dienone is 1. The van der Waals surface area contributed by atoms with Crippen molar-refractivity contribution in [3.63, 3.8) is 0 Å². The van der Waals surface area contributed by atoms with Crippen LogP contribution in [0.3, 0.4) is 0 Å². The molecule has 4 heteroatoms. The van der Waals surface area contributed by atoms with Crippen LogP contribution >= 0.6 is 0 Å². The lowest BCUT2D eigenvalue weighted by molar-refractivity contribution is 0.103. The van der Waals surface area contributed by atoms with Gasteiger partial charge in [0.25, 0.3) is 0 Å². The summed E-state index contributed by atoms with van der Waals surface area (Å²) < 4.78 is 0. The quantitative estimate of drug-likeness (QED) is 0.114. The van der Waals surface area contributed by atoms with Gasteiger partial charge in [0.1, 0.15) is 5.76 Å². The van der Waals surface area contributed by atoms with Gasteiger partial charge in [-0.2, -0.15) is 0 Å². The molecule has 0 amide bonds. The van der Waals surface area contributed by atoms with Gasteiger partial charge < -0.3 is 14.9 Å². The molecular formula is C46H40N2O2. The number of para-hydroxylation sites is 4. The number of nitrogens with zero attached hydrogens (tertiary/aromatic N) is 2. The number of Topliss-reactive ketones (excluding diaryl/α,β-unsaturated/α-hetero) is 1. The van der Waals surface area contributed by atoms with E-state index in [0.717, 1.165) is 34.1 Å². The maximum atomic E-state index is 13.7. The SMILES string of the molecule is CC(C(=O)c1ccc(N2c3ccccc3C(C)(C)c3ccccc32)cc1)=C(O)c1ccc(N2c3ccccc3C(C)(C)c3ccccc32)cc1. The number of fused-ring (bicyclic) bond motifs is 4. The van der Waals surface area contributed by atoms with E-state index in [1.807, 2.05) is 48.5 Å². The van der Waals surface area contributed by atoms with E-state index in [-0.39, 0.29) is 22.4 Å². The number of benzene rings is 6. The van der Waals surface area contributed by atoms with Crippen LogP contribution in [0.1, 0.15) is 72.8 Å². The van der Waals surface area contributed by atoms with Gasteiger partial charge in [-0.15, -0.1) is 0 Å². The second kappa shape index (κ2) is 11.6. The molecule has 0 saturated carbocycles. The fourth-order valence-electron chi connectivity index (χ4n) is 7.97. The molecule has 6 aromatic rings. The summed E-state index contributed by atoms with van der Waals surface area (Å²) in [5.74, 6) is -0.229. The van der Waals surface area contributed by atoms with Crippen LogP contribution in [0.15, 0.2) is 151 Å². The Morgan fingerprint density at radius 2 is 0.760 bits per heavy atom. The molecule has 8 rings (SSSR count). The summed E-state index contributed by atoms with van der Waals surface area (Å²) in [6.07, 6.45) is 0. The molecule has 246 valence electrons. The molecule has 1 N–H and O–H groups in total. The lowest BCUT2D eigenvalue weighted by atomic mass is 9.73. The van der Waals surface area contributed by atoms with Crippen molar-refractivity contribution in [1.29, 1.82) is 0 Å². The molecular weight excluding hydrogens is 613 g/mol. The Bertz CT molecular complexity index is 2210. The maximum Gasteiger partial charge on any atom is 0.192 e. The van der Waals surface area contributed by atoms with Gasteiger partial charge in [0.2, 0.25) is 0 Å². The zero-order chi connectivity index (χ0) is 34.8. The molecule has 0 fully saturated rings. The summed E-state index contributed by atoms with van der Waals surface area (Å²) >= 11 is 0. The number of ketones is 1. The van der Waals surface area contributed by atoms with Crippen LogP contribution in [-0.4, -0.2) is 10.9 Å². The van der Waals surface area contributed by atoms with Gasteiger partial charge >= 0.3 is 0 Å².